The van der Waals surface area contributed by atoms with Crippen molar-refractivity contribution in [3.63, 3.8) is 0 Å². The van der Waals surface area contributed by atoms with Crippen molar-refractivity contribution >= 4 is 0 Å². The van der Waals surface area contributed by atoms with Crippen molar-refractivity contribution in [2.45, 2.75) is 19.8 Å². The molecule has 0 amide bonds. The number of hydrogen-bond acceptors (Lipinski definition) is 4. The Morgan fingerprint density at radius 1 is 0.452 bits per heavy atom. The monoisotopic (exact) mass is 412 g/mol. The zero-order valence-corrected chi connectivity index (χ0v) is 17.1. The molecule has 0 aliphatic rings. The molecular weight excluding hydrogens is 388 g/mol. The van der Waals surface area contributed by atoms with Crippen LogP contribution in [0.15, 0.2) is 103 Å². The number of benzene rings is 4. The van der Waals surface area contributed by atoms with Gasteiger partial charge in [0.2, 0.25) is 0 Å². The van der Waals surface area contributed by atoms with Crippen LogP contribution in [0.25, 0.3) is 0 Å². The van der Waals surface area contributed by atoms with Crippen LogP contribution in [-0.4, -0.2) is 5.11 Å². The minimum atomic E-state index is 0.172. The molecule has 156 valence electrons. The van der Waals surface area contributed by atoms with Crippen LogP contribution in [0.3, 0.4) is 0 Å². The second-order valence-electron chi connectivity index (χ2n) is 7.01. The predicted octanol–water partition coefficient (Wildman–Crippen LogP) is 6.13. The third-order valence-corrected chi connectivity index (χ3v) is 4.89. The smallest absolute Gasteiger partial charge is 0.122 e. The first kappa shape index (κ1) is 20.4. The van der Waals surface area contributed by atoms with Gasteiger partial charge in [-0.1, -0.05) is 60.7 Å². The molecule has 4 heteroatoms. The van der Waals surface area contributed by atoms with Crippen molar-refractivity contribution < 1.29 is 19.3 Å². The molecule has 4 aromatic rings. The van der Waals surface area contributed by atoms with Crippen LogP contribution in [0.5, 0.6) is 23.0 Å². The molecule has 0 spiro atoms. The van der Waals surface area contributed by atoms with Crippen LogP contribution < -0.4 is 14.2 Å². The van der Waals surface area contributed by atoms with Crippen molar-refractivity contribution in [1.29, 1.82) is 0 Å². The normalized spacial score (nSPS) is 10.5. The Bertz CT molecular complexity index is 1080. The Balaban J connectivity index is 1.59. The third-order valence-electron chi connectivity index (χ3n) is 4.89. The summed E-state index contributed by atoms with van der Waals surface area (Å²) in [6.45, 7) is 0.873. The summed E-state index contributed by atoms with van der Waals surface area (Å²) in [7, 11) is 0. The van der Waals surface area contributed by atoms with Crippen molar-refractivity contribution in [2.75, 3.05) is 0 Å². The van der Waals surface area contributed by atoms with Crippen LogP contribution in [-0.2, 0) is 19.8 Å². The first-order valence-corrected chi connectivity index (χ1v) is 10.2. The highest BCUT2D eigenvalue weighted by atomic mass is 16.5. The zero-order chi connectivity index (χ0) is 21.3. The molecular formula is C27H24O4. The van der Waals surface area contributed by atoms with Gasteiger partial charge in [-0.25, -0.2) is 0 Å². The average Bonchev–Trinajstić information content (AvgIpc) is 2.83. The van der Waals surface area contributed by atoms with Gasteiger partial charge in [0, 0.05) is 11.1 Å². The predicted molar refractivity (Wildman–Crippen MR) is 120 cm³/mol. The van der Waals surface area contributed by atoms with Crippen LogP contribution >= 0.6 is 0 Å². The Labute approximate surface area is 182 Å². The molecule has 4 aromatic carbocycles. The van der Waals surface area contributed by atoms with E-state index in [1.165, 1.54) is 0 Å². The second-order valence-corrected chi connectivity index (χ2v) is 7.01. The molecule has 1 N–H and O–H groups in total. The van der Waals surface area contributed by atoms with E-state index in [1.54, 1.807) is 6.07 Å². The Kier molecular flexibility index (Phi) is 6.71. The SMILES string of the molecule is Oc1ccc(COc2ccccc2)c(COc2ccccc2)c1COc1ccccc1. The Hall–Kier alpha value is -3.92. The van der Waals surface area contributed by atoms with Gasteiger partial charge < -0.3 is 19.3 Å². The standard InChI is InChI=1S/C27H24O4/c28-27-17-16-21(18-29-22-10-4-1-5-11-22)25(19-30-23-12-6-2-7-13-23)26(27)20-31-24-14-8-3-9-15-24/h1-17,28H,18-20H2. The molecule has 0 bridgehead atoms. The summed E-state index contributed by atoms with van der Waals surface area (Å²) >= 11 is 0. The number of rotatable bonds is 9. The van der Waals surface area contributed by atoms with E-state index < -0.39 is 0 Å². The fourth-order valence-corrected chi connectivity index (χ4v) is 3.23. The highest BCUT2D eigenvalue weighted by molar-refractivity contribution is 5.44. The lowest BCUT2D eigenvalue weighted by Crippen LogP contribution is -2.10. The van der Waals surface area contributed by atoms with Crippen molar-refractivity contribution in [2.24, 2.45) is 0 Å². The second kappa shape index (κ2) is 10.2. The molecule has 0 radical (unpaired) electrons. The molecule has 0 aliphatic carbocycles. The average molecular weight is 412 g/mol. The quantitative estimate of drug-likeness (QED) is 0.359. The van der Waals surface area contributed by atoms with E-state index >= 15 is 0 Å². The summed E-state index contributed by atoms with van der Waals surface area (Å²) < 4.78 is 17.9. The summed E-state index contributed by atoms with van der Waals surface area (Å²) in [6.07, 6.45) is 0. The molecule has 31 heavy (non-hydrogen) atoms. The summed E-state index contributed by atoms with van der Waals surface area (Å²) in [5.41, 5.74) is 2.48. The molecule has 4 nitrogen and oxygen atoms in total. The van der Waals surface area contributed by atoms with Gasteiger partial charge in [-0.05, 0) is 48.0 Å². The molecule has 0 unspecified atom stereocenters. The van der Waals surface area contributed by atoms with E-state index in [0.717, 1.165) is 28.4 Å². The van der Waals surface area contributed by atoms with E-state index in [9.17, 15) is 5.11 Å². The minimum Gasteiger partial charge on any atom is -0.508 e. The van der Waals surface area contributed by atoms with Crippen LogP contribution in [0, 0.1) is 0 Å². The van der Waals surface area contributed by atoms with Crippen molar-refractivity contribution in [3.05, 3.63) is 120 Å². The van der Waals surface area contributed by atoms with Gasteiger partial charge in [-0.2, -0.15) is 0 Å². The fraction of sp³-hybridized carbons (Fsp3) is 0.111. The lowest BCUT2D eigenvalue weighted by molar-refractivity contribution is 0.269. The first-order chi connectivity index (χ1) is 15.3. The molecule has 0 aliphatic heterocycles. The highest BCUT2D eigenvalue weighted by Gasteiger charge is 2.16. The lowest BCUT2D eigenvalue weighted by Gasteiger charge is -2.18. The zero-order valence-electron chi connectivity index (χ0n) is 17.1. The van der Waals surface area contributed by atoms with Crippen molar-refractivity contribution in [1.82, 2.24) is 0 Å². The maximum atomic E-state index is 10.6. The third kappa shape index (κ3) is 5.58. The van der Waals surface area contributed by atoms with E-state index in [4.69, 9.17) is 14.2 Å². The fourth-order valence-electron chi connectivity index (χ4n) is 3.23. The maximum Gasteiger partial charge on any atom is 0.122 e. The van der Waals surface area contributed by atoms with Crippen LogP contribution in [0.2, 0.25) is 0 Å². The van der Waals surface area contributed by atoms with Crippen molar-refractivity contribution in [3.8, 4) is 23.0 Å². The largest absolute Gasteiger partial charge is 0.508 e. The molecule has 0 saturated heterocycles. The molecule has 0 aromatic heterocycles. The number of phenolic OH excluding ortho intramolecular Hbond substituents is 1. The number of para-hydroxylation sites is 3. The molecule has 0 fully saturated rings. The number of hydrogen-bond donors (Lipinski definition) is 1. The summed E-state index contributed by atoms with van der Waals surface area (Å²) in [5, 5.41) is 10.6. The van der Waals surface area contributed by atoms with E-state index in [1.807, 2.05) is 97.1 Å². The van der Waals surface area contributed by atoms with Gasteiger partial charge in [0.1, 0.15) is 42.8 Å². The Morgan fingerprint density at radius 3 is 1.35 bits per heavy atom. The van der Waals surface area contributed by atoms with Crippen LogP contribution in [0.4, 0.5) is 0 Å². The molecule has 0 heterocycles. The number of ether oxygens (including phenoxy) is 3. The summed E-state index contributed by atoms with van der Waals surface area (Å²) in [4.78, 5) is 0. The number of aromatic hydroxyl groups is 1. The first-order valence-electron chi connectivity index (χ1n) is 10.2. The highest BCUT2D eigenvalue weighted by Crippen LogP contribution is 2.29. The van der Waals surface area contributed by atoms with Gasteiger partial charge in [0.15, 0.2) is 0 Å². The maximum absolute atomic E-state index is 10.6. The van der Waals surface area contributed by atoms with Gasteiger partial charge in [-0.15, -0.1) is 0 Å². The minimum absolute atomic E-state index is 0.172. The Morgan fingerprint density at radius 2 is 0.871 bits per heavy atom. The van der Waals surface area contributed by atoms with E-state index in [0.29, 0.717) is 18.8 Å². The van der Waals surface area contributed by atoms with Gasteiger partial charge in [-0.3, -0.25) is 0 Å². The van der Waals surface area contributed by atoms with Gasteiger partial charge >= 0.3 is 0 Å². The van der Waals surface area contributed by atoms with E-state index in [-0.39, 0.29) is 12.4 Å². The molecule has 4 rings (SSSR count). The molecule has 0 atom stereocenters. The lowest BCUT2D eigenvalue weighted by atomic mass is 10.0. The number of phenols is 1. The summed E-state index contributed by atoms with van der Waals surface area (Å²) in [5.74, 6) is 2.46. The van der Waals surface area contributed by atoms with Crippen LogP contribution in [0.1, 0.15) is 16.7 Å². The summed E-state index contributed by atoms with van der Waals surface area (Å²) in [6, 6.07) is 32.4. The van der Waals surface area contributed by atoms with Gasteiger partial charge in [0.25, 0.3) is 0 Å². The van der Waals surface area contributed by atoms with E-state index in [2.05, 4.69) is 0 Å². The van der Waals surface area contributed by atoms with Gasteiger partial charge in [0.05, 0.1) is 0 Å². The topological polar surface area (TPSA) is 47.9 Å². The molecule has 0 saturated carbocycles.